The van der Waals surface area contributed by atoms with Gasteiger partial charge in [0.2, 0.25) is 0 Å². The predicted molar refractivity (Wildman–Crippen MR) is 61.9 cm³/mol. The Morgan fingerprint density at radius 3 is 3.00 bits per heavy atom. The number of H-pyrrole nitrogens is 1. The zero-order chi connectivity index (χ0) is 11.3. The molecular formula is C10H15BrN2O2. The minimum Gasteiger partial charge on any atom is -0.377 e. The van der Waals surface area contributed by atoms with Crippen LogP contribution in [0.4, 0.5) is 0 Å². The molecule has 0 fully saturated rings. The van der Waals surface area contributed by atoms with Crippen molar-refractivity contribution < 1.29 is 9.53 Å². The number of hydrogen-bond acceptors (Lipinski definition) is 2. The first-order chi connectivity index (χ1) is 7.13. The van der Waals surface area contributed by atoms with Crippen LogP contribution >= 0.6 is 15.9 Å². The van der Waals surface area contributed by atoms with Gasteiger partial charge in [-0.15, -0.1) is 0 Å². The predicted octanol–water partition coefficient (Wildman–Crippen LogP) is 1.93. The first-order valence-corrected chi connectivity index (χ1v) is 5.66. The Labute approximate surface area is 97.5 Å². The molecule has 0 aliphatic carbocycles. The summed E-state index contributed by atoms with van der Waals surface area (Å²) in [7, 11) is 0. The molecule has 0 aliphatic rings. The SMILES string of the molecule is CCOC(C)CNC(=O)c1cc(Br)c[nH]1. The van der Waals surface area contributed by atoms with Crippen LogP contribution in [0.15, 0.2) is 16.7 Å². The molecule has 1 heterocycles. The minimum atomic E-state index is -0.118. The molecule has 0 radical (unpaired) electrons. The number of aromatic nitrogens is 1. The molecule has 0 aromatic carbocycles. The van der Waals surface area contributed by atoms with Crippen molar-refractivity contribution in [2.75, 3.05) is 13.2 Å². The fourth-order valence-electron chi connectivity index (χ4n) is 1.17. The van der Waals surface area contributed by atoms with E-state index in [1.807, 2.05) is 13.8 Å². The van der Waals surface area contributed by atoms with Gasteiger partial charge >= 0.3 is 0 Å². The quantitative estimate of drug-likeness (QED) is 0.862. The Morgan fingerprint density at radius 1 is 1.73 bits per heavy atom. The van der Waals surface area contributed by atoms with Crippen LogP contribution in [0.1, 0.15) is 24.3 Å². The maximum Gasteiger partial charge on any atom is 0.267 e. The van der Waals surface area contributed by atoms with Gasteiger partial charge in [0.25, 0.3) is 5.91 Å². The summed E-state index contributed by atoms with van der Waals surface area (Å²) < 4.78 is 6.17. The van der Waals surface area contributed by atoms with E-state index in [0.29, 0.717) is 18.8 Å². The third-order valence-corrected chi connectivity index (χ3v) is 2.35. The molecule has 15 heavy (non-hydrogen) atoms. The van der Waals surface area contributed by atoms with Gasteiger partial charge < -0.3 is 15.0 Å². The molecule has 5 heteroatoms. The molecular weight excluding hydrogens is 260 g/mol. The third kappa shape index (κ3) is 4.05. The zero-order valence-electron chi connectivity index (χ0n) is 8.84. The molecule has 0 aliphatic heterocycles. The second kappa shape index (κ2) is 5.92. The molecule has 2 N–H and O–H groups in total. The molecule has 1 rings (SSSR count). The van der Waals surface area contributed by atoms with Crippen molar-refractivity contribution in [1.29, 1.82) is 0 Å². The number of ether oxygens (including phenoxy) is 1. The number of halogens is 1. The number of carbonyl (C=O) groups is 1. The summed E-state index contributed by atoms with van der Waals surface area (Å²) in [6.07, 6.45) is 1.76. The van der Waals surface area contributed by atoms with Crippen LogP contribution in [-0.2, 0) is 4.74 Å². The fraction of sp³-hybridized carbons (Fsp3) is 0.500. The van der Waals surface area contributed by atoms with Gasteiger partial charge in [-0.25, -0.2) is 0 Å². The number of hydrogen-bond donors (Lipinski definition) is 2. The molecule has 0 saturated carbocycles. The summed E-state index contributed by atoms with van der Waals surface area (Å²) >= 11 is 3.27. The van der Waals surface area contributed by atoms with Gasteiger partial charge in [0.1, 0.15) is 5.69 Å². The van der Waals surface area contributed by atoms with Crippen LogP contribution in [0.3, 0.4) is 0 Å². The normalized spacial score (nSPS) is 12.5. The highest BCUT2D eigenvalue weighted by Crippen LogP contribution is 2.10. The van der Waals surface area contributed by atoms with E-state index in [1.165, 1.54) is 0 Å². The second-order valence-corrected chi connectivity index (χ2v) is 4.12. The van der Waals surface area contributed by atoms with Gasteiger partial charge in [-0.1, -0.05) is 0 Å². The molecule has 1 aromatic heterocycles. The number of nitrogens with one attached hydrogen (secondary N) is 2. The highest BCUT2D eigenvalue weighted by molar-refractivity contribution is 9.10. The van der Waals surface area contributed by atoms with E-state index in [1.54, 1.807) is 12.3 Å². The van der Waals surface area contributed by atoms with Crippen molar-refractivity contribution in [3.63, 3.8) is 0 Å². The van der Waals surface area contributed by atoms with Gasteiger partial charge in [0.05, 0.1) is 6.10 Å². The summed E-state index contributed by atoms with van der Waals surface area (Å²) in [4.78, 5) is 14.4. The van der Waals surface area contributed by atoms with E-state index in [4.69, 9.17) is 4.74 Å². The van der Waals surface area contributed by atoms with Crippen LogP contribution in [-0.4, -0.2) is 30.1 Å². The molecule has 1 aromatic rings. The largest absolute Gasteiger partial charge is 0.377 e. The van der Waals surface area contributed by atoms with Crippen LogP contribution in [0.2, 0.25) is 0 Å². The molecule has 1 amide bonds. The first-order valence-electron chi connectivity index (χ1n) is 4.87. The van der Waals surface area contributed by atoms with E-state index in [9.17, 15) is 4.79 Å². The van der Waals surface area contributed by atoms with Crippen LogP contribution in [0.5, 0.6) is 0 Å². The molecule has 1 atom stereocenters. The van der Waals surface area contributed by atoms with Gasteiger partial charge in [0, 0.05) is 23.8 Å². The van der Waals surface area contributed by atoms with E-state index in [0.717, 1.165) is 4.47 Å². The Bertz CT molecular complexity index is 325. The molecule has 0 bridgehead atoms. The lowest BCUT2D eigenvalue weighted by Gasteiger charge is -2.11. The van der Waals surface area contributed by atoms with Crippen LogP contribution in [0.25, 0.3) is 0 Å². The maximum atomic E-state index is 11.5. The van der Waals surface area contributed by atoms with E-state index in [-0.39, 0.29) is 12.0 Å². The number of aromatic amines is 1. The van der Waals surface area contributed by atoms with Gasteiger partial charge in [0.15, 0.2) is 0 Å². The molecule has 84 valence electrons. The highest BCUT2D eigenvalue weighted by atomic mass is 79.9. The van der Waals surface area contributed by atoms with E-state index in [2.05, 4.69) is 26.2 Å². The fourth-order valence-corrected chi connectivity index (χ4v) is 1.52. The van der Waals surface area contributed by atoms with Crippen molar-refractivity contribution in [2.24, 2.45) is 0 Å². The molecule has 4 nitrogen and oxygen atoms in total. The van der Waals surface area contributed by atoms with E-state index < -0.39 is 0 Å². The number of amides is 1. The smallest absolute Gasteiger partial charge is 0.267 e. The van der Waals surface area contributed by atoms with Gasteiger partial charge in [-0.3, -0.25) is 4.79 Å². The Hall–Kier alpha value is -0.810. The summed E-state index contributed by atoms with van der Waals surface area (Å²) in [5, 5.41) is 2.78. The topological polar surface area (TPSA) is 54.1 Å². The van der Waals surface area contributed by atoms with Gasteiger partial charge in [-0.05, 0) is 35.8 Å². The molecule has 0 saturated heterocycles. The Morgan fingerprint density at radius 2 is 2.47 bits per heavy atom. The van der Waals surface area contributed by atoms with E-state index >= 15 is 0 Å². The average molecular weight is 275 g/mol. The number of carbonyl (C=O) groups excluding carboxylic acids is 1. The van der Waals surface area contributed by atoms with Crippen LogP contribution in [0, 0.1) is 0 Å². The Kier molecular flexibility index (Phi) is 4.84. The van der Waals surface area contributed by atoms with Crippen molar-refractivity contribution in [1.82, 2.24) is 10.3 Å². The minimum absolute atomic E-state index is 0.0392. The summed E-state index contributed by atoms with van der Waals surface area (Å²) in [6.45, 7) is 5.03. The maximum absolute atomic E-state index is 11.5. The monoisotopic (exact) mass is 274 g/mol. The zero-order valence-corrected chi connectivity index (χ0v) is 10.4. The Balaban J connectivity index is 2.36. The first kappa shape index (κ1) is 12.3. The second-order valence-electron chi connectivity index (χ2n) is 3.21. The van der Waals surface area contributed by atoms with Crippen molar-refractivity contribution in [3.8, 4) is 0 Å². The van der Waals surface area contributed by atoms with Crippen LogP contribution < -0.4 is 5.32 Å². The lowest BCUT2D eigenvalue weighted by molar-refractivity contribution is 0.0693. The van der Waals surface area contributed by atoms with Gasteiger partial charge in [-0.2, -0.15) is 0 Å². The van der Waals surface area contributed by atoms with Crippen molar-refractivity contribution in [2.45, 2.75) is 20.0 Å². The summed E-state index contributed by atoms with van der Waals surface area (Å²) in [5.74, 6) is -0.118. The third-order valence-electron chi connectivity index (χ3n) is 1.89. The lowest BCUT2D eigenvalue weighted by Crippen LogP contribution is -2.32. The summed E-state index contributed by atoms with van der Waals surface area (Å²) in [5.41, 5.74) is 0.547. The van der Waals surface area contributed by atoms with Crippen molar-refractivity contribution in [3.05, 3.63) is 22.4 Å². The standard InChI is InChI=1S/C10H15BrN2O2/c1-3-15-7(2)5-13-10(14)9-4-8(11)6-12-9/h4,6-7,12H,3,5H2,1-2H3,(H,13,14). The lowest BCUT2D eigenvalue weighted by atomic mass is 10.3. The molecule has 1 unspecified atom stereocenters. The highest BCUT2D eigenvalue weighted by Gasteiger charge is 2.08. The van der Waals surface area contributed by atoms with Crippen molar-refractivity contribution >= 4 is 21.8 Å². The molecule has 0 spiro atoms. The number of rotatable bonds is 5. The average Bonchev–Trinajstić information content (AvgIpc) is 2.62. The summed E-state index contributed by atoms with van der Waals surface area (Å²) in [6, 6.07) is 1.74.